The molecule has 100 valence electrons. The van der Waals surface area contributed by atoms with Crippen molar-refractivity contribution in [2.24, 2.45) is 11.1 Å². The molecule has 1 aromatic carbocycles. The third-order valence-corrected chi connectivity index (χ3v) is 5.43. The first-order valence-corrected chi connectivity index (χ1v) is 7.73. The summed E-state index contributed by atoms with van der Waals surface area (Å²) in [4.78, 5) is 0.358. The van der Waals surface area contributed by atoms with E-state index >= 15 is 0 Å². The Kier molecular flexibility index (Phi) is 3.75. The summed E-state index contributed by atoms with van der Waals surface area (Å²) in [6.07, 6.45) is 3.17. The van der Waals surface area contributed by atoms with Gasteiger partial charge in [0.1, 0.15) is 0 Å². The van der Waals surface area contributed by atoms with Gasteiger partial charge in [0.05, 0.1) is 4.90 Å². The molecule has 1 aromatic rings. The van der Waals surface area contributed by atoms with E-state index in [1.165, 1.54) is 0 Å². The van der Waals surface area contributed by atoms with Gasteiger partial charge in [0.2, 0.25) is 10.0 Å². The molecule has 2 rings (SSSR count). The van der Waals surface area contributed by atoms with Gasteiger partial charge in [0.25, 0.3) is 0 Å². The van der Waals surface area contributed by atoms with Gasteiger partial charge < -0.3 is 5.73 Å². The second-order valence-electron chi connectivity index (χ2n) is 5.15. The lowest BCUT2D eigenvalue weighted by Crippen LogP contribution is -2.46. The van der Waals surface area contributed by atoms with E-state index in [-0.39, 0.29) is 5.41 Å². The fourth-order valence-electron chi connectivity index (χ4n) is 2.31. The molecule has 0 bridgehead atoms. The fraction of sp³-hybridized carbons (Fsp3) is 0.538. The molecule has 1 aliphatic carbocycles. The zero-order valence-electron chi connectivity index (χ0n) is 10.6. The molecule has 1 aliphatic rings. The molecular formula is C13H20N2O2S. The van der Waals surface area contributed by atoms with Crippen molar-refractivity contribution in [2.45, 2.75) is 31.1 Å². The molecule has 1 fully saturated rings. The number of hydrogen-bond donors (Lipinski definition) is 2. The Morgan fingerprint density at radius 1 is 1.33 bits per heavy atom. The first-order valence-electron chi connectivity index (χ1n) is 6.24. The topological polar surface area (TPSA) is 72.2 Å². The molecule has 5 heteroatoms. The van der Waals surface area contributed by atoms with Crippen LogP contribution in [0.5, 0.6) is 0 Å². The van der Waals surface area contributed by atoms with Crippen LogP contribution in [-0.4, -0.2) is 21.5 Å². The molecule has 0 aromatic heterocycles. The van der Waals surface area contributed by atoms with Crippen LogP contribution < -0.4 is 10.5 Å². The maximum atomic E-state index is 12.2. The second-order valence-corrected chi connectivity index (χ2v) is 6.88. The van der Waals surface area contributed by atoms with Crippen LogP contribution in [-0.2, 0) is 10.0 Å². The van der Waals surface area contributed by atoms with Crippen LogP contribution in [0.25, 0.3) is 0 Å². The largest absolute Gasteiger partial charge is 0.330 e. The van der Waals surface area contributed by atoms with Gasteiger partial charge >= 0.3 is 0 Å². The van der Waals surface area contributed by atoms with Gasteiger partial charge in [-0.05, 0) is 43.4 Å². The average molecular weight is 268 g/mol. The molecule has 0 spiro atoms. The monoisotopic (exact) mass is 268 g/mol. The average Bonchev–Trinajstić information content (AvgIpc) is 2.28. The highest BCUT2D eigenvalue weighted by Gasteiger charge is 2.36. The summed E-state index contributed by atoms with van der Waals surface area (Å²) < 4.78 is 27.1. The molecule has 4 nitrogen and oxygen atoms in total. The highest BCUT2D eigenvalue weighted by Crippen LogP contribution is 2.39. The van der Waals surface area contributed by atoms with Crippen LogP contribution in [0.15, 0.2) is 29.2 Å². The molecule has 0 atom stereocenters. The maximum absolute atomic E-state index is 12.2. The van der Waals surface area contributed by atoms with Gasteiger partial charge in [-0.3, -0.25) is 0 Å². The SMILES string of the molecule is Cc1ccccc1S(=O)(=O)NCC1(CN)CCC1. The van der Waals surface area contributed by atoms with E-state index in [1.54, 1.807) is 25.1 Å². The van der Waals surface area contributed by atoms with E-state index in [4.69, 9.17) is 5.73 Å². The Bertz CT molecular complexity index is 516. The van der Waals surface area contributed by atoms with Crippen molar-refractivity contribution in [1.29, 1.82) is 0 Å². The predicted octanol–water partition coefficient (Wildman–Crippen LogP) is 1.40. The highest BCUT2D eigenvalue weighted by atomic mass is 32.2. The minimum atomic E-state index is -3.42. The van der Waals surface area contributed by atoms with Crippen molar-refractivity contribution >= 4 is 10.0 Å². The third kappa shape index (κ3) is 2.58. The minimum Gasteiger partial charge on any atom is -0.330 e. The normalized spacial score (nSPS) is 18.3. The van der Waals surface area contributed by atoms with E-state index in [1.807, 2.05) is 6.07 Å². The van der Waals surface area contributed by atoms with Crippen LogP contribution in [0.2, 0.25) is 0 Å². The van der Waals surface area contributed by atoms with Gasteiger partial charge in [-0.15, -0.1) is 0 Å². The second kappa shape index (κ2) is 4.99. The zero-order valence-corrected chi connectivity index (χ0v) is 11.5. The summed E-state index contributed by atoms with van der Waals surface area (Å²) in [6, 6.07) is 7.01. The lowest BCUT2D eigenvalue weighted by molar-refractivity contribution is 0.150. The van der Waals surface area contributed by atoms with Crippen molar-refractivity contribution in [3.63, 3.8) is 0 Å². The summed E-state index contributed by atoms with van der Waals surface area (Å²) in [5.41, 5.74) is 6.48. The van der Waals surface area contributed by atoms with Crippen molar-refractivity contribution in [1.82, 2.24) is 4.72 Å². The number of sulfonamides is 1. The minimum absolute atomic E-state index is 0.0181. The van der Waals surface area contributed by atoms with Crippen LogP contribution >= 0.6 is 0 Å². The summed E-state index contributed by atoms with van der Waals surface area (Å²) >= 11 is 0. The number of nitrogens with one attached hydrogen (secondary N) is 1. The number of hydrogen-bond acceptors (Lipinski definition) is 3. The summed E-state index contributed by atoms with van der Waals surface area (Å²) in [6.45, 7) is 2.79. The number of rotatable bonds is 5. The molecule has 18 heavy (non-hydrogen) atoms. The molecule has 0 aliphatic heterocycles. The lowest BCUT2D eigenvalue weighted by atomic mass is 9.69. The van der Waals surface area contributed by atoms with Crippen LogP contribution in [0, 0.1) is 12.3 Å². The highest BCUT2D eigenvalue weighted by molar-refractivity contribution is 7.89. The Labute approximate surface area is 109 Å². The summed E-state index contributed by atoms with van der Waals surface area (Å²) in [5, 5.41) is 0. The molecule has 0 heterocycles. The third-order valence-electron chi connectivity index (χ3n) is 3.87. The lowest BCUT2D eigenvalue weighted by Gasteiger charge is -2.40. The van der Waals surface area contributed by atoms with E-state index in [0.717, 1.165) is 24.8 Å². The smallest absolute Gasteiger partial charge is 0.240 e. The van der Waals surface area contributed by atoms with E-state index in [0.29, 0.717) is 18.0 Å². The number of benzene rings is 1. The Morgan fingerprint density at radius 2 is 2.00 bits per heavy atom. The predicted molar refractivity (Wildman–Crippen MR) is 71.7 cm³/mol. The molecule has 0 radical (unpaired) electrons. The van der Waals surface area contributed by atoms with Crippen molar-refractivity contribution in [2.75, 3.05) is 13.1 Å². The van der Waals surface area contributed by atoms with Crippen LogP contribution in [0.3, 0.4) is 0 Å². The van der Waals surface area contributed by atoms with Crippen molar-refractivity contribution in [3.05, 3.63) is 29.8 Å². The van der Waals surface area contributed by atoms with Crippen LogP contribution in [0.4, 0.5) is 0 Å². The molecular weight excluding hydrogens is 248 g/mol. The quantitative estimate of drug-likeness (QED) is 0.848. The Hall–Kier alpha value is -0.910. The van der Waals surface area contributed by atoms with Gasteiger partial charge in [-0.2, -0.15) is 0 Å². The first kappa shape index (κ1) is 13.5. The molecule has 0 saturated heterocycles. The molecule has 0 unspecified atom stereocenters. The fourth-order valence-corrected chi connectivity index (χ4v) is 3.71. The standard InChI is InChI=1S/C13H20N2O2S/c1-11-5-2-3-6-12(11)18(16,17)15-10-13(9-14)7-4-8-13/h2-3,5-6,15H,4,7-10,14H2,1H3. The number of aryl methyl sites for hydroxylation is 1. The van der Waals surface area contributed by atoms with Gasteiger partial charge in [-0.1, -0.05) is 24.6 Å². The van der Waals surface area contributed by atoms with E-state index in [9.17, 15) is 8.42 Å². The zero-order chi connectivity index (χ0) is 13.2. The molecule has 3 N–H and O–H groups in total. The van der Waals surface area contributed by atoms with Gasteiger partial charge in [0.15, 0.2) is 0 Å². The number of nitrogens with two attached hydrogens (primary N) is 1. The van der Waals surface area contributed by atoms with Gasteiger partial charge in [0, 0.05) is 6.54 Å². The first-order chi connectivity index (χ1) is 8.49. The van der Waals surface area contributed by atoms with Crippen molar-refractivity contribution in [3.8, 4) is 0 Å². The summed E-state index contributed by atoms with van der Waals surface area (Å²) in [7, 11) is -3.42. The Balaban J connectivity index is 2.11. The van der Waals surface area contributed by atoms with Gasteiger partial charge in [-0.25, -0.2) is 13.1 Å². The summed E-state index contributed by atoms with van der Waals surface area (Å²) in [5.74, 6) is 0. The Morgan fingerprint density at radius 3 is 2.50 bits per heavy atom. The van der Waals surface area contributed by atoms with E-state index in [2.05, 4.69) is 4.72 Å². The van der Waals surface area contributed by atoms with E-state index < -0.39 is 10.0 Å². The molecule has 1 saturated carbocycles. The maximum Gasteiger partial charge on any atom is 0.240 e. The van der Waals surface area contributed by atoms with Crippen molar-refractivity contribution < 1.29 is 8.42 Å². The van der Waals surface area contributed by atoms with Crippen LogP contribution in [0.1, 0.15) is 24.8 Å². The molecule has 0 amide bonds.